The molecule has 1 aliphatic carbocycles. The van der Waals surface area contributed by atoms with Crippen LogP contribution in [0.5, 0.6) is 0 Å². The van der Waals surface area contributed by atoms with Crippen LogP contribution in [0, 0.1) is 17.8 Å². The first-order valence-electron chi connectivity index (χ1n) is 12.6. The number of Topliss-reactive ketones (excluding diaryl/α,β-unsaturated/α-hetero) is 1. The molecule has 2 bridgehead atoms. The number of ketones is 1. The fraction of sp³-hybridized carbons (Fsp3) is 0.448. The Kier molecular flexibility index (Phi) is 6.86. The molecule has 1 aliphatic heterocycles. The van der Waals surface area contributed by atoms with Crippen molar-refractivity contribution in [1.29, 1.82) is 0 Å². The molecule has 2 aromatic carbocycles. The van der Waals surface area contributed by atoms with E-state index in [1.54, 1.807) is 0 Å². The Morgan fingerprint density at radius 3 is 2.57 bits per heavy atom. The van der Waals surface area contributed by atoms with Gasteiger partial charge in [-0.2, -0.15) is 0 Å². The van der Waals surface area contributed by atoms with Crippen LogP contribution in [0.2, 0.25) is 0 Å². The summed E-state index contributed by atoms with van der Waals surface area (Å²) in [6, 6.07) is 16.8. The molecule has 3 aromatic rings. The van der Waals surface area contributed by atoms with Gasteiger partial charge in [0.1, 0.15) is 0 Å². The van der Waals surface area contributed by atoms with Gasteiger partial charge in [0.2, 0.25) is 0 Å². The number of rotatable bonds is 5. The van der Waals surface area contributed by atoms with E-state index < -0.39 is 0 Å². The van der Waals surface area contributed by atoms with E-state index in [1.165, 1.54) is 12.7 Å². The van der Waals surface area contributed by atoms with Gasteiger partial charge in [-0.3, -0.25) is 9.59 Å². The second-order valence-electron chi connectivity index (χ2n) is 10.1. The average molecular weight is 537 g/mol. The summed E-state index contributed by atoms with van der Waals surface area (Å²) in [5, 5.41) is 1.12. The first-order chi connectivity index (χ1) is 16.9. The third-order valence-corrected chi connectivity index (χ3v) is 8.81. The standard InChI is InChI=1S/C29H33BrN2O3/c1-4-19-17-31(2)25-15-23-21-7-5-6-8-24(21)32(14-13-18-9-11-20(30)12-10-18)28(23)26(33)16-22(19)27(25)29(34)35-3/h5-12,19,22,25,27H,4,13-17H2,1-3H3/t19-,22-,25+,27?/m1/s1. The Balaban J connectivity index is 1.62. The van der Waals surface area contributed by atoms with Crippen molar-refractivity contribution < 1.29 is 14.3 Å². The van der Waals surface area contributed by atoms with Crippen molar-refractivity contribution in [1.82, 2.24) is 9.47 Å². The highest BCUT2D eigenvalue weighted by molar-refractivity contribution is 9.10. The van der Waals surface area contributed by atoms with E-state index in [0.717, 1.165) is 52.6 Å². The van der Waals surface area contributed by atoms with Crippen molar-refractivity contribution in [3.05, 3.63) is 69.8 Å². The van der Waals surface area contributed by atoms with E-state index in [1.807, 2.05) is 12.1 Å². The van der Waals surface area contributed by atoms with Crippen molar-refractivity contribution in [2.24, 2.45) is 17.8 Å². The number of likely N-dealkylation sites (N-methyl/N-ethyl adjacent to an activating group) is 1. The van der Waals surface area contributed by atoms with Crippen molar-refractivity contribution in [3.8, 4) is 0 Å². The number of fused-ring (bicyclic) bond motifs is 5. The third-order valence-electron chi connectivity index (χ3n) is 8.28. The number of methoxy groups -OCH3 is 1. The highest BCUT2D eigenvalue weighted by Crippen LogP contribution is 2.43. The first kappa shape index (κ1) is 24.3. The molecule has 4 atom stereocenters. The minimum Gasteiger partial charge on any atom is -0.469 e. The monoisotopic (exact) mass is 536 g/mol. The van der Waals surface area contributed by atoms with Crippen LogP contribution in [0.15, 0.2) is 53.0 Å². The second-order valence-corrected chi connectivity index (χ2v) is 11.0. The smallest absolute Gasteiger partial charge is 0.310 e. The number of halogens is 1. The number of carbonyl (C=O) groups excluding carboxylic acids is 2. The average Bonchev–Trinajstić information content (AvgIpc) is 3.17. The fourth-order valence-electron chi connectivity index (χ4n) is 6.51. The van der Waals surface area contributed by atoms with Gasteiger partial charge >= 0.3 is 5.97 Å². The van der Waals surface area contributed by atoms with Crippen LogP contribution in [0.4, 0.5) is 0 Å². The predicted molar refractivity (Wildman–Crippen MR) is 142 cm³/mol. The lowest BCUT2D eigenvalue weighted by Gasteiger charge is -2.48. The summed E-state index contributed by atoms with van der Waals surface area (Å²) in [5.74, 6) is -0.00283. The molecule has 5 rings (SSSR count). The highest BCUT2D eigenvalue weighted by Gasteiger charge is 2.49. The minimum absolute atomic E-state index is 0.00670. The van der Waals surface area contributed by atoms with Gasteiger partial charge in [0, 0.05) is 40.9 Å². The molecule has 6 heteroatoms. The molecule has 184 valence electrons. The quantitative estimate of drug-likeness (QED) is 0.403. The Labute approximate surface area is 215 Å². The molecule has 35 heavy (non-hydrogen) atoms. The number of ether oxygens (including phenoxy) is 1. The number of hydrogen-bond acceptors (Lipinski definition) is 4. The molecule has 0 spiro atoms. The van der Waals surface area contributed by atoms with E-state index in [4.69, 9.17) is 4.74 Å². The van der Waals surface area contributed by atoms with Gasteiger partial charge in [-0.25, -0.2) is 0 Å². The number of benzene rings is 2. The van der Waals surface area contributed by atoms with Gasteiger partial charge in [-0.1, -0.05) is 59.6 Å². The van der Waals surface area contributed by atoms with E-state index in [0.29, 0.717) is 18.8 Å². The summed E-state index contributed by atoms with van der Waals surface area (Å²) in [6.07, 6.45) is 2.86. The lowest BCUT2D eigenvalue weighted by molar-refractivity contribution is -0.154. The lowest BCUT2D eigenvalue weighted by atomic mass is 9.67. The summed E-state index contributed by atoms with van der Waals surface area (Å²) in [6.45, 7) is 3.81. The van der Waals surface area contributed by atoms with Gasteiger partial charge in [-0.15, -0.1) is 0 Å². The summed E-state index contributed by atoms with van der Waals surface area (Å²) >= 11 is 3.51. The molecule has 2 aliphatic rings. The number of piperidine rings is 1. The van der Waals surface area contributed by atoms with Crippen LogP contribution in [-0.2, 0) is 28.9 Å². The Hall–Kier alpha value is -2.44. The van der Waals surface area contributed by atoms with Gasteiger partial charge in [0.05, 0.1) is 18.7 Å². The molecule has 5 nitrogen and oxygen atoms in total. The topological polar surface area (TPSA) is 51.5 Å². The fourth-order valence-corrected chi connectivity index (χ4v) is 6.78. The van der Waals surface area contributed by atoms with E-state index in [9.17, 15) is 9.59 Å². The maximum atomic E-state index is 14.0. The van der Waals surface area contributed by atoms with Crippen molar-refractivity contribution in [2.75, 3.05) is 20.7 Å². The maximum Gasteiger partial charge on any atom is 0.310 e. The summed E-state index contributed by atoms with van der Waals surface area (Å²) in [5.41, 5.74) is 4.27. The molecule has 1 aromatic heterocycles. The molecular weight excluding hydrogens is 504 g/mol. The highest BCUT2D eigenvalue weighted by atomic mass is 79.9. The number of aromatic nitrogens is 1. The van der Waals surface area contributed by atoms with Crippen LogP contribution in [-0.4, -0.2) is 48.0 Å². The molecule has 1 fully saturated rings. The van der Waals surface area contributed by atoms with Crippen LogP contribution < -0.4 is 0 Å². The molecule has 1 unspecified atom stereocenters. The summed E-state index contributed by atoms with van der Waals surface area (Å²) < 4.78 is 8.59. The van der Waals surface area contributed by atoms with Gasteiger partial charge < -0.3 is 14.2 Å². The van der Waals surface area contributed by atoms with E-state index >= 15 is 0 Å². The number of aryl methyl sites for hydroxylation is 2. The zero-order chi connectivity index (χ0) is 24.7. The third kappa shape index (κ3) is 4.36. The normalized spacial score (nSPS) is 24.6. The van der Waals surface area contributed by atoms with Crippen molar-refractivity contribution in [2.45, 2.75) is 45.2 Å². The van der Waals surface area contributed by atoms with Crippen LogP contribution in [0.3, 0.4) is 0 Å². The van der Waals surface area contributed by atoms with Gasteiger partial charge in [0.25, 0.3) is 0 Å². The Morgan fingerprint density at radius 1 is 1.11 bits per heavy atom. The summed E-state index contributed by atoms with van der Waals surface area (Å²) in [7, 11) is 3.59. The van der Waals surface area contributed by atoms with Crippen LogP contribution in [0.1, 0.15) is 41.4 Å². The van der Waals surface area contributed by atoms with Gasteiger partial charge in [-0.05, 0) is 61.1 Å². The number of hydrogen-bond donors (Lipinski definition) is 0. The van der Waals surface area contributed by atoms with Crippen LogP contribution >= 0.6 is 15.9 Å². The zero-order valence-electron chi connectivity index (χ0n) is 20.7. The number of para-hydroxylation sites is 1. The Morgan fingerprint density at radius 2 is 1.86 bits per heavy atom. The molecule has 0 saturated carbocycles. The predicted octanol–water partition coefficient (Wildman–Crippen LogP) is 5.52. The summed E-state index contributed by atoms with van der Waals surface area (Å²) in [4.78, 5) is 29.4. The molecule has 0 amide bonds. The lowest BCUT2D eigenvalue weighted by Crippen LogP contribution is -2.56. The zero-order valence-corrected chi connectivity index (χ0v) is 22.3. The van der Waals surface area contributed by atoms with Crippen LogP contribution in [0.25, 0.3) is 10.9 Å². The Bertz CT molecular complexity index is 1250. The van der Waals surface area contributed by atoms with Gasteiger partial charge in [0.15, 0.2) is 5.78 Å². The largest absolute Gasteiger partial charge is 0.469 e. The number of carbonyl (C=O) groups is 2. The molecule has 1 saturated heterocycles. The number of nitrogens with zero attached hydrogens (tertiary/aromatic N) is 2. The molecule has 0 radical (unpaired) electrons. The number of likely N-dealkylation sites (tertiary alicyclic amines) is 1. The first-order valence-corrected chi connectivity index (χ1v) is 13.4. The maximum absolute atomic E-state index is 14.0. The number of esters is 1. The second kappa shape index (κ2) is 9.90. The molecule has 2 heterocycles. The molecular formula is C29H33BrN2O3. The SMILES string of the molecule is CC[C@@H]1CN(C)[C@H]2Cc3c(n(CCc4ccc(Br)cc4)c4ccccc34)C(=O)C[C@H]1C2C(=O)OC. The van der Waals surface area contributed by atoms with Crippen molar-refractivity contribution >= 4 is 38.6 Å². The van der Waals surface area contributed by atoms with Crippen molar-refractivity contribution in [3.63, 3.8) is 0 Å². The van der Waals surface area contributed by atoms with E-state index in [-0.39, 0.29) is 29.6 Å². The minimum atomic E-state index is -0.286. The molecule has 0 N–H and O–H groups in total. The van der Waals surface area contributed by atoms with E-state index in [2.05, 4.69) is 75.8 Å².